The van der Waals surface area contributed by atoms with Crippen molar-refractivity contribution in [2.75, 3.05) is 13.1 Å². The molecular weight excluding hydrogens is 228 g/mol. The Labute approximate surface area is 108 Å². The highest BCUT2D eigenvalue weighted by Gasteiger charge is 2.26. The first-order valence-electron chi connectivity index (χ1n) is 6.94. The molecule has 0 spiro atoms. The van der Waals surface area contributed by atoms with Gasteiger partial charge in [-0.05, 0) is 38.5 Å². The molecular formula is C14H22N2O2. The van der Waals surface area contributed by atoms with Crippen LogP contribution in [0.2, 0.25) is 0 Å². The molecule has 2 aliphatic rings. The SMILES string of the molecule is NC(=O)[C@@H]1CCCN(C(=O)C=C2CCCCC2)C1. The molecule has 1 saturated heterocycles. The van der Waals surface area contributed by atoms with Gasteiger partial charge in [0.05, 0.1) is 5.92 Å². The van der Waals surface area contributed by atoms with Crippen molar-refractivity contribution in [3.63, 3.8) is 0 Å². The average molecular weight is 250 g/mol. The number of hydrogen-bond acceptors (Lipinski definition) is 2. The molecule has 100 valence electrons. The van der Waals surface area contributed by atoms with Gasteiger partial charge in [0.1, 0.15) is 0 Å². The molecule has 2 fully saturated rings. The zero-order valence-corrected chi connectivity index (χ0v) is 10.9. The zero-order chi connectivity index (χ0) is 13.0. The fourth-order valence-corrected chi connectivity index (χ4v) is 2.83. The van der Waals surface area contributed by atoms with Crippen LogP contribution < -0.4 is 5.73 Å². The number of rotatable bonds is 2. The number of piperidine rings is 1. The van der Waals surface area contributed by atoms with Crippen molar-refractivity contribution < 1.29 is 9.59 Å². The molecule has 4 heteroatoms. The molecule has 1 atom stereocenters. The number of primary amides is 1. The van der Waals surface area contributed by atoms with Crippen molar-refractivity contribution in [2.24, 2.45) is 11.7 Å². The zero-order valence-electron chi connectivity index (χ0n) is 10.9. The second kappa shape index (κ2) is 6.03. The van der Waals surface area contributed by atoms with E-state index in [1.807, 2.05) is 0 Å². The maximum Gasteiger partial charge on any atom is 0.246 e. The minimum Gasteiger partial charge on any atom is -0.369 e. The third kappa shape index (κ3) is 3.34. The smallest absolute Gasteiger partial charge is 0.246 e. The summed E-state index contributed by atoms with van der Waals surface area (Å²) in [4.78, 5) is 25.1. The van der Waals surface area contributed by atoms with Gasteiger partial charge in [-0.2, -0.15) is 0 Å². The van der Waals surface area contributed by atoms with E-state index in [1.54, 1.807) is 11.0 Å². The van der Waals surface area contributed by atoms with Crippen LogP contribution in [0.3, 0.4) is 0 Å². The first-order chi connectivity index (χ1) is 8.66. The van der Waals surface area contributed by atoms with Crippen LogP contribution >= 0.6 is 0 Å². The van der Waals surface area contributed by atoms with Gasteiger partial charge in [0.15, 0.2) is 0 Å². The summed E-state index contributed by atoms with van der Waals surface area (Å²) in [7, 11) is 0. The van der Waals surface area contributed by atoms with Gasteiger partial charge in [0, 0.05) is 19.2 Å². The van der Waals surface area contributed by atoms with Gasteiger partial charge in [-0.1, -0.05) is 12.0 Å². The molecule has 2 rings (SSSR count). The van der Waals surface area contributed by atoms with E-state index >= 15 is 0 Å². The summed E-state index contributed by atoms with van der Waals surface area (Å²) in [5, 5.41) is 0. The first kappa shape index (κ1) is 13.1. The van der Waals surface area contributed by atoms with E-state index in [2.05, 4.69) is 0 Å². The van der Waals surface area contributed by atoms with Gasteiger partial charge in [-0.25, -0.2) is 0 Å². The Kier molecular flexibility index (Phi) is 4.39. The molecule has 2 amide bonds. The largest absolute Gasteiger partial charge is 0.369 e. The highest BCUT2D eigenvalue weighted by molar-refractivity contribution is 5.89. The molecule has 0 aromatic heterocycles. The van der Waals surface area contributed by atoms with Gasteiger partial charge in [0.25, 0.3) is 0 Å². The predicted octanol–water partition coefficient (Wildman–Crippen LogP) is 1.60. The standard InChI is InChI=1S/C14H22N2O2/c15-14(18)12-7-4-8-16(10-12)13(17)9-11-5-2-1-3-6-11/h9,12H,1-8,10H2,(H2,15,18)/t12-/m1/s1. The van der Waals surface area contributed by atoms with E-state index in [4.69, 9.17) is 5.73 Å². The maximum absolute atomic E-state index is 12.1. The molecule has 0 unspecified atom stereocenters. The van der Waals surface area contributed by atoms with Gasteiger partial charge in [-0.3, -0.25) is 9.59 Å². The molecule has 1 heterocycles. The summed E-state index contributed by atoms with van der Waals surface area (Å²) < 4.78 is 0. The van der Waals surface area contributed by atoms with Crippen molar-refractivity contribution >= 4 is 11.8 Å². The Hall–Kier alpha value is -1.32. The number of nitrogens with two attached hydrogens (primary N) is 1. The van der Waals surface area contributed by atoms with E-state index in [1.165, 1.54) is 24.8 Å². The summed E-state index contributed by atoms with van der Waals surface area (Å²) in [6.07, 6.45) is 9.27. The lowest BCUT2D eigenvalue weighted by molar-refractivity contribution is -0.130. The van der Waals surface area contributed by atoms with E-state index in [9.17, 15) is 9.59 Å². The number of amides is 2. The molecule has 0 aromatic rings. The Morgan fingerprint density at radius 3 is 2.56 bits per heavy atom. The van der Waals surface area contributed by atoms with E-state index in [0.717, 1.165) is 32.2 Å². The van der Waals surface area contributed by atoms with Gasteiger partial charge < -0.3 is 10.6 Å². The number of hydrogen-bond donors (Lipinski definition) is 1. The molecule has 1 saturated carbocycles. The maximum atomic E-state index is 12.1. The van der Waals surface area contributed by atoms with Crippen LogP contribution in [0.15, 0.2) is 11.6 Å². The second-order valence-corrected chi connectivity index (χ2v) is 5.39. The molecule has 0 radical (unpaired) electrons. The van der Waals surface area contributed by atoms with Gasteiger partial charge >= 0.3 is 0 Å². The van der Waals surface area contributed by atoms with Crippen LogP contribution in [-0.2, 0) is 9.59 Å². The number of nitrogens with zero attached hydrogens (tertiary/aromatic N) is 1. The Morgan fingerprint density at radius 2 is 1.89 bits per heavy atom. The average Bonchev–Trinajstić information content (AvgIpc) is 2.40. The predicted molar refractivity (Wildman–Crippen MR) is 69.7 cm³/mol. The summed E-state index contributed by atoms with van der Waals surface area (Å²) >= 11 is 0. The van der Waals surface area contributed by atoms with Gasteiger partial charge in [-0.15, -0.1) is 0 Å². The molecule has 4 nitrogen and oxygen atoms in total. The van der Waals surface area contributed by atoms with Crippen molar-refractivity contribution in [1.82, 2.24) is 4.90 Å². The fourth-order valence-electron chi connectivity index (χ4n) is 2.83. The van der Waals surface area contributed by atoms with Crippen LogP contribution in [0.5, 0.6) is 0 Å². The van der Waals surface area contributed by atoms with Gasteiger partial charge in [0.2, 0.25) is 11.8 Å². The molecule has 0 bridgehead atoms. The Morgan fingerprint density at radius 1 is 1.17 bits per heavy atom. The highest BCUT2D eigenvalue weighted by atomic mass is 16.2. The molecule has 0 aromatic carbocycles. The van der Waals surface area contributed by atoms with Crippen LogP contribution in [0.25, 0.3) is 0 Å². The van der Waals surface area contributed by atoms with Crippen LogP contribution in [0.4, 0.5) is 0 Å². The minimum atomic E-state index is -0.280. The number of carbonyl (C=O) groups is 2. The van der Waals surface area contributed by atoms with E-state index < -0.39 is 0 Å². The Bertz CT molecular complexity index is 355. The van der Waals surface area contributed by atoms with E-state index in [-0.39, 0.29) is 17.7 Å². The topological polar surface area (TPSA) is 63.4 Å². The molecule has 1 aliphatic carbocycles. The van der Waals surface area contributed by atoms with Crippen LogP contribution in [-0.4, -0.2) is 29.8 Å². The third-order valence-electron chi connectivity index (χ3n) is 3.96. The van der Waals surface area contributed by atoms with Crippen molar-refractivity contribution in [3.8, 4) is 0 Å². The number of carbonyl (C=O) groups excluding carboxylic acids is 2. The molecule has 18 heavy (non-hydrogen) atoms. The lowest BCUT2D eigenvalue weighted by Gasteiger charge is -2.30. The molecule has 2 N–H and O–H groups in total. The third-order valence-corrected chi connectivity index (χ3v) is 3.96. The van der Waals surface area contributed by atoms with Crippen molar-refractivity contribution in [1.29, 1.82) is 0 Å². The van der Waals surface area contributed by atoms with E-state index in [0.29, 0.717) is 6.54 Å². The summed E-state index contributed by atoms with van der Waals surface area (Å²) in [6.45, 7) is 1.25. The van der Waals surface area contributed by atoms with Crippen LogP contribution in [0.1, 0.15) is 44.9 Å². The van der Waals surface area contributed by atoms with Crippen molar-refractivity contribution in [2.45, 2.75) is 44.9 Å². The Balaban J connectivity index is 1.93. The molecule has 1 aliphatic heterocycles. The van der Waals surface area contributed by atoms with Crippen molar-refractivity contribution in [3.05, 3.63) is 11.6 Å². The second-order valence-electron chi connectivity index (χ2n) is 5.39. The lowest BCUT2D eigenvalue weighted by atomic mass is 9.94. The number of likely N-dealkylation sites (tertiary alicyclic amines) is 1. The number of allylic oxidation sites excluding steroid dienone is 1. The minimum absolute atomic E-state index is 0.0675. The fraction of sp³-hybridized carbons (Fsp3) is 0.714. The summed E-state index contributed by atoms with van der Waals surface area (Å²) in [6, 6.07) is 0. The monoisotopic (exact) mass is 250 g/mol. The van der Waals surface area contributed by atoms with Crippen LogP contribution in [0, 0.1) is 5.92 Å². The normalized spacial score (nSPS) is 24.8. The summed E-state index contributed by atoms with van der Waals surface area (Å²) in [5.41, 5.74) is 6.59. The first-order valence-corrected chi connectivity index (χ1v) is 6.94. The summed E-state index contributed by atoms with van der Waals surface area (Å²) in [5.74, 6) is -0.372. The highest BCUT2D eigenvalue weighted by Crippen LogP contribution is 2.23. The quantitative estimate of drug-likeness (QED) is 0.757. The lowest BCUT2D eigenvalue weighted by Crippen LogP contribution is -2.43.